The number of sulfonamides is 1. The number of hydrogen-bond acceptors (Lipinski definition) is 5. The predicted molar refractivity (Wildman–Crippen MR) is 112 cm³/mol. The molecule has 3 aromatic carbocycles. The Balaban J connectivity index is 2.03. The quantitative estimate of drug-likeness (QED) is 0.446. The number of nitrogens with one attached hydrogen (secondary N) is 1. The molecule has 0 unspecified atom stereocenters. The van der Waals surface area contributed by atoms with Crippen molar-refractivity contribution in [3.05, 3.63) is 100 Å². The summed E-state index contributed by atoms with van der Waals surface area (Å²) in [6.45, 7) is 0.305. The minimum absolute atomic E-state index is 0.116. The molecule has 3 aromatic rings. The van der Waals surface area contributed by atoms with Crippen molar-refractivity contribution < 1.29 is 13.3 Å². The van der Waals surface area contributed by atoms with E-state index in [0.717, 1.165) is 17.2 Å². The first-order chi connectivity index (χ1) is 13.9. The minimum atomic E-state index is -3.98. The van der Waals surface area contributed by atoms with Gasteiger partial charge in [0.15, 0.2) is 0 Å². The van der Waals surface area contributed by atoms with E-state index in [9.17, 15) is 18.5 Å². The van der Waals surface area contributed by atoms with Gasteiger partial charge in [-0.3, -0.25) is 10.1 Å². The second kappa shape index (κ2) is 8.85. The predicted octanol–water partition coefficient (Wildman–Crippen LogP) is 4.03. The van der Waals surface area contributed by atoms with Gasteiger partial charge in [-0.1, -0.05) is 60.7 Å². The van der Waals surface area contributed by atoms with Gasteiger partial charge in [0, 0.05) is 26.2 Å². The lowest BCUT2D eigenvalue weighted by atomic mass is 10.2. The summed E-state index contributed by atoms with van der Waals surface area (Å²) in [5, 5.41) is 14.1. The van der Waals surface area contributed by atoms with Crippen molar-refractivity contribution in [3.63, 3.8) is 0 Å². The van der Waals surface area contributed by atoms with E-state index >= 15 is 0 Å². The Kier molecular flexibility index (Phi) is 6.26. The number of anilines is 1. The monoisotopic (exact) mass is 411 g/mol. The van der Waals surface area contributed by atoms with Crippen molar-refractivity contribution in [1.82, 2.24) is 4.31 Å². The van der Waals surface area contributed by atoms with Crippen LogP contribution in [-0.4, -0.2) is 24.7 Å². The van der Waals surface area contributed by atoms with Crippen LogP contribution >= 0.6 is 0 Å². The minimum Gasteiger partial charge on any atom is -0.383 e. The summed E-state index contributed by atoms with van der Waals surface area (Å²) in [7, 11) is -2.43. The fraction of sp³-hybridized carbons (Fsp3) is 0.143. The third-order valence-electron chi connectivity index (χ3n) is 4.48. The fourth-order valence-corrected chi connectivity index (χ4v) is 4.42. The molecule has 0 aliphatic heterocycles. The van der Waals surface area contributed by atoms with Crippen LogP contribution < -0.4 is 5.32 Å². The topological polar surface area (TPSA) is 92.6 Å². The van der Waals surface area contributed by atoms with E-state index in [1.165, 1.54) is 16.4 Å². The van der Waals surface area contributed by atoms with Gasteiger partial charge in [0.2, 0.25) is 10.0 Å². The molecule has 8 heteroatoms. The lowest BCUT2D eigenvalue weighted by molar-refractivity contribution is -0.384. The Hall–Kier alpha value is -3.23. The van der Waals surface area contributed by atoms with Crippen LogP contribution in [0.1, 0.15) is 11.1 Å². The second-order valence-electron chi connectivity index (χ2n) is 6.43. The van der Waals surface area contributed by atoms with E-state index in [-0.39, 0.29) is 29.4 Å². The Morgan fingerprint density at radius 1 is 0.897 bits per heavy atom. The van der Waals surface area contributed by atoms with Crippen LogP contribution in [0.15, 0.2) is 83.8 Å². The molecule has 0 spiro atoms. The molecule has 0 amide bonds. The summed E-state index contributed by atoms with van der Waals surface area (Å²) in [6.07, 6.45) is 0. The van der Waals surface area contributed by atoms with Crippen molar-refractivity contribution in [2.45, 2.75) is 18.0 Å². The van der Waals surface area contributed by atoms with E-state index in [4.69, 9.17) is 0 Å². The van der Waals surface area contributed by atoms with Gasteiger partial charge in [-0.2, -0.15) is 4.31 Å². The van der Waals surface area contributed by atoms with E-state index in [1.54, 1.807) is 7.05 Å². The Labute approximate surface area is 169 Å². The summed E-state index contributed by atoms with van der Waals surface area (Å²) >= 11 is 0. The first-order valence-electron chi connectivity index (χ1n) is 8.96. The number of rotatable bonds is 8. The lowest BCUT2D eigenvalue weighted by Gasteiger charge is -2.23. The highest BCUT2D eigenvalue weighted by molar-refractivity contribution is 7.89. The summed E-state index contributed by atoms with van der Waals surface area (Å²) in [5.41, 5.74) is 1.63. The molecule has 0 aliphatic carbocycles. The van der Waals surface area contributed by atoms with Gasteiger partial charge < -0.3 is 5.32 Å². The molecule has 1 N–H and O–H groups in total. The van der Waals surface area contributed by atoms with Gasteiger partial charge in [-0.15, -0.1) is 0 Å². The molecule has 0 fully saturated rings. The normalized spacial score (nSPS) is 11.4. The maximum Gasteiger partial charge on any atom is 0.293 e. The van der Waals surface area contributed by atoms with E-state index in [0.29, 0.717) is 0 Å². The highest BCUT2D eigenvalue weighted by Gasteiger charge is 2.28. The molecule has 0 atom stereocenters. The number of nitro groups is 1. The zero-order chi connectivity index (χ0) is 20.9. The molecule has 0 aliphatic rings. The standard InChI is InChI=1S/C21H21N3O4S/c1-22-20-13-12-19(14-21(20)24(25)26)29(27,28)23(15-17-8-4-2-5-9-17)16-18-10-6-3-7-11-18/h2-14,22H,15-16H2,1H3. The molecule has 0 heterocycles. The molecule has 3 rings (SSSR count). The number of hydrogen-bond donors (Lipinski definition) is 1. The van der Waals surface area contributed by atoms with Gasteiger partial charge in [0.1, 0.15) is 5.69 Å². The van der Waals surface area contributed by atoms with Crippen molar-refractivity contribution >= 4 is 21.4 Å². The Bertz CT molecular complexity index is 1050. The van der Waals surface area contributed by atoms with Gasteiger partial charge >= 0.3 is 0 Å². The summed E-state index contributed by atoms with van der Waals surface area (Å²) in [4.78, 5) is 10.7. The molecule has 0 saturated heterocycles. The zero-order valence-corrected chi connectivity index (χ0v) is 16.7. The molecule has 0 bridgehead atoms. The molecular formula is C21H21N3O4S. The largest absolute Gasteiger partial charge is 0.383 e. The van der Waals surface area contributed by atoms with Crippen molar-refractivity contribution in [3.8, 4) is 0 Å². The van der Waals surface area contributed by atoms with Gasteiger partial charge in [0.05, 0.1) is 9.82 Å². The van der Waals surface area contributed by atoms with E-state index in [2.05, 4.69) is 5.32 Å². The van der Waals surface area contributed by atoms with Crippen LogP contribution in [0.4, 0.5) is 11.4 Å². The lowest BCUT2D eigenvalue weighted by Crippen LogP contribution is -2.30. The molecule has 29 heavy (non-hydrogen) atoms. The Morgan fingerprint density at radius 3 is 1.86 bits per heavy atom. The van der Waals surface area contributed by atoms with Crippen LogP contribution in [-0.2, 0) is 23.1 Å². The fourth-order valence-electron chi connectivity index (χ4n) is 2.98. The highest BCUT2D eigenvalue weighted by atomic mass is 32.2. The van der Waals surface area contributed by atoms with E-state index in [1.807, 2.05) is 60.7 Å². The molecular weight excluding hydrogens is 390 g/mol. The molecule has 7 nitrogen and oxygen atoms in total. The number of benzene rings is 3. The van der Waals surface area contributed by atoms with Crippen molar-refractivity contribution in [2.75, 3.05) is 12.4 Å². The van der Waals surface area contributed by atoms with Gasteiger partial charge in [-0.05, 0) is 23.3 Å². The smallest absolute Gasteiger partial charge is 0.293 e. The second-order valence-corrected chi connectivity index (χ2v) is 8.37. The SMILES string of the molecule is CNc1ccc(S(=O)(=O)N(Cc2ccccc2)Cc2ccccc2)cc1[N+](=O)[O-]. The van der Waals surface area contributed by atoms with Crippen LogP contribution in [0.2, 0.25) is 0 Å². The maximum atomic E-state index is 13.4. The first-order valence-corrected chi connectivity index (χ1v) is 10.4. The highest BCUT2D eigenvalue weighted by Crippen LogP contribution is 2.29. The summed E-state index contributed by atoms with van der Waals surface area (Å²) in [6, 6.07) is 22.4. The number of nitro benzene ring substituents is 1. The first kappa shape index (κ1) is 20.5. The van der Waals surface area contributed by atoms with Gasteiger partial charge in [-0.25, -0.2) is 8.42 Å². The molecule has 0 radical (unpaired) electrons. The van der Waals surface area contributed by atoms with Crippen LogP contribution in [0.25, 0.3) is 0 Å². The number of nitrogens with zero attached hydrogens (tertiary/aromatic N) is 2. The average Bonchev–Trinajstić information content (AvgIpc) is 2.74. The zero-order valence-electron chi connectivity index (χ0n) is 15.9. The summed E-state index contributed by atoms with van der Waals surface area (Å²) in [5.74, 6) is 0. The van der Waals surface area contributed by atoms with Crippen LogP contribution in [0.3, 0.4) is 0 Å². The maximum absolute atomic E-state index is 13.4. The van der Waals surface area contributed by atoms with Crippen molar-refractivity contribution in [2.24, 2.45) is 0 Å². The van der Waals surface area contributed by atoms with Crippen LogP contribution in [0.5, 0.6) is 0 Å². The molecule has 150 valence electrons. The summed E-state index contributed by atoms with van der Waals surface area (Å²) < 4.78 is 28.1. The van der Waals surface area contributed by atoms with E-state index < -0.39 is 14.9 Å². The molecule has 0 aromatic heterocycles. The third kappa shape index (κ3) is 4.79. The molecule has 0 saturated carbocycles. The third-order valence-corrected chi connectivity index (χ3v) is 6.26. The van der Waals surface area contributed by atoms with Gasteiger partial charge in [0.25, 0.3) is 5.69 Å². The average molecular weight is 411 g/mol. The van der Waals surface area contributed by atoms with Crippen molar-refractivity contribution in [1.29, 1.82) is 0 Å². The van der Waals surface area contributed by atoms with Crippen LogP contribution in [0, 0.1) is 10.1 Å². The Morgan fingerprint density at radius 2 is 1.41 bits per heavy atom.